The fourth-order valence-electron chi connectivity index (χ4n) is 2.01. The molecule has 3 N–H and O–H groups in total. The molecule has 0 bridgehead atoms. The summed E-state index contributed by atoms with van der Waals surface area (Å²) >= 11 is 0. The van der Waals surface area contributed by atoms with E-state index >= 15 is 0 Å². The van der Waals surface area contributed by atoms with Gasteiger partial charge in [-0.25, -0.2) is 4.68 Å². The molecule has 2 rings (SSSR count). The third-order valence-corrected chi connectivity index (χ3v) is 3.27. The van der Waals surface area contributed by atoms with E-state index in [0.29, 0.717) is 12.1 Å². The number of nitrogens with two attached hydrogens (primary N) is 1. The second-order valence-electron chi connectivity index (χ2n) is 4.85. The van der Waals surface area contributed by atoms with Crippen LogP contribution in [-0.2, 0) is 0 Å². The number of hydrogen-bond donors (Lipinski definition) is 2. The first-order valence-electron chi connectivity index (χ1n) is 7.09. The largest absolute Gasteiger partial charge is 0.348 e. The lowest BCUT2D eigenvalue weighted by atomic mass is 10.1. The second kappa shape index (κ2) is 7.49. The van der Waals surface area contributed by atoms with Crippen molar-refractivity contribution in [2.24, 2.45) is 5.73 Å². The van der Waals surface area contributed by atoms with Crippen LogP contribution in [0.25, 0.3) is 5.69 Å². The summed E-state index contributed by atoms with van der Waals surface area (Å²) in [4.78, 5) is 12.2. The SMILES string of the molecule is CCCCC(CN)NC(=O)c1ccc(-n2cnnn2)cc1. The van der Waals surface area contributed by atoms with Gasteiger partial charge >= 0.3 is 0 Å². The number of tetrazole rings is 1. The van der Waals surface area contributed by atoms with Gasteiger partial charge in [-0.15, -0.1) is 5.10 Å². The van der Waals surface area contributed by atoms with E-state index in [9.17, 15) is 4.79 Å². The summed E-state index contributed by atoms with van der Waals surface area (Å²) in [5.74, 6) is -0.107. The standard InChI is InChI=1S/C14H20N6O/c1-2-3-4-12(9-15)17-14(21)11-5-7-13(8-6-11)20-10-16-18-19-20/h5-8,10,12H,2-4,9,15H2,1H3,(H,17,21). The van der Waals surface area contributed by atoms with Crippen molar-refractivity contribution in [1.29, 1.82) is 0 Å². The molecule has 0 aliphatic heterocycles. The molecule has 0 radical (unpaired) electrons. The van der Waals surface area contributed by atoms with E-state index < -0.39 is 0 Å². The average molecular weight is 288 g/mol. The number of amides is 1. The van der Waals surface area contributed by atoms with Crippen molar-refractivity contribution in [3.63, 3.8) is 0 Å². The molecular weight excluding hydrogens is 268 g/mol. The molecule has 1 heterocycles. The molecule has 0 aliphatic rings. The van der Waals surface area contributed by atoms with E-state index in [1.54, 1.807) is 24.3 Å². The number of unbranched alkanes of at least 4 members (excludes halogenated alkanes) is 1. The summed E-state index contributed by atoms with van der Waals surface area (Å²) in [5, 5.41) is 13.9. The molecule has 112 valence electrons. The van der Waals surface area contributed by atoms with Gasteiger partial charge < -0.3 is 11.1 Å². The molecule has 0 saturated heterocycles. The molecule has 0 aliphatic carbocycles. The number of nitrogens with one attached hydrogen (secondary N) is 1. The highest BCUT2D eigenvalue weighted by molar-refractivity contribution is 5.94. The summed E-state index contributed by atoms with van der Waals surface area (Å²) in [7, 11) is 0. The van der Waals surface area contributed by atoms with Crippen molar-refractivity contribution in [3.05, 3.63) is 36.2 Å². The van der Waals surface area contributed by atoms with Gasteiger partial charge in [-0.1, -0.05) is 19.8 Å². The van der Waals surface area contributed by atoms with Gasteiger partial charge in [0.25, 0.3) is 5.91 Å². The van der Waals surface area contributed by atoms with Gasteiger partial charge in [-0.05, 0) is 41.1 Å². The van der Waals surface area contributed by atoms with Gasteiger partial charge in [0, 0.05) is 18.2 Å². The summed E-state index contributed by atoms with van der Waals surface area (Å²) < 4.78 is 1.53. The molecule has 1 atom stereocenters. The van der Waals surface area contributed by atoms with Gasteiger partial charge in [0.15, 0.2) is 0 Å². The molecule has 1 amide bonds. The first-order chi connectivity index (χ1) is 10.2. The van der Waals surface area contributed by atoms with Crippen LogP contribution in [0.4, 0.5) is 0 Å². The molecule has 7 heteroatoms. The minimum Gasteiger partial charge on any atom is -0.348 e. The highest BCUT2D eigenvalue weighted by Crippen LogP contribution is 2.08. The Morgan fingerprint density at radius 2 is 2.14 bits per heavy atom. The number of benzene rings is 1. The predicted molar refractivity (Wildman–Crippen MR) is 79.0 cm³/mol. The van der Waals surface area contributed by atoms with Gasteiger partial charge in [-0.3, -0.25) is 4.79 Å². The molecule has 0 saturated carbocycles. The highest BCUT2D eigenvalue weighted by Gasteiger charge is 2.12. The molecule has 0 fully saturated rings. The molecule has 1 unspecified atom stereocenters. The van der Waals surface area contributed by atoms with Crippen LogP contribution in [-0.4, -0.2) is 38.7 Å². The Hall–Kier alpha value is -2.28. The zero-order valence-corrected chi connectivity index (χ0v) is 12.1. The lowest BCUT2D eigenvalue weighted by Crippen LogP contribution is -2.40. The highest BCUT2D eigenvalue weighted by atomic mass is 16.1. The second-order valence-corrected chi connectivity index (χ2v) is 4.85. The summed E-state index contributed by atoms with van der Waals surface area (Å²) in [6, 6.07) is 7.12. The molecule has 2 aromatic rings. The van der Waals surface area contributed by atoms with Gasteiger partial charge in [-0.2, -0.15) is 0 Å². The monoisotopic (exact) mass is 288 g/mol. The number of rotatable bonds is 7. The van der Waals surface area contributed by atoms with Crippen LogP contribution < -0.4 is 11.1 Å². The van der Waals surface area contributed by atoms with Crippen LogP contribution in [0.15, 0.2) is 30.6 Å². The van der Waals surface area contributed by atoms with Crippen molar-refractivity contribution in [1.82, 2.24) is 25.5 Å². The zero-order chi connectivity index (χ0) is 15.1. The predicted octanol–water partition coefficient (Wildman–Crippen LogP) is 0.910. The fourth-order valence-corrected chi connectivity index (χ4v) is 2.01. The van der Waals surface area contributed by atoms with Gasteiger partial charge in [0.1, 0.15) is 6.33 Å². The fraction of sp³-hybridized carbons (Fsp3) is 0.429. The molecule has 1 aromatic heterocycles. The third kappa shape index (κ3) is 4.09. The number of carbonyl (C=O) groups is 1. The van der Waals surface area contributed by atoms with Crippen LogP contribution in [0.2, 0.25) is 0 Å². The van der Waals surface area contributed by atoms with Gasteiger partial charge in [0.05, 0.1) is 5.69 Å². The Labute approximate surface area is 123 Å². The number of hydrogen-bond acceptors (Lipinski definition) is 5. The molecule has 0 spiro atoms. The minimum atomic E-state index is -0.107. The van der Waals surface area contributed by atoms with Crippen molar-refractivity contribution >= 4 is 5.91 Å². The number of aromatic nitrogens is 4. The Balaban J connectivity index is 1.99. The Morgan fingerprint density at radius 3 is 2.71 bits per heavy atom. The summed E-state index contributed by atoms with van der Waals surface area (Å²) in [5.41, 5.74) is 7.09. The molecule has 21 heavy (non-hydrogen) atoms. The van der Waals surface area contributed by atoms with Gasteiger partial charge in [0.2, 0.25) is 0 Å². The topological polar surface area (TPSA) is 98.7 Å². The summed E-state index contributed by atoms with van der Waals surface area (Å²) in [6.07, 6.45) is 4.55. The Bertz CT molecular complexity index is 551. The maximum Gasteiger partial charge on any atom is 0.251 e. The average Bonchev–Trinajstić information content (AvgIpc) is 3.05. The van der Waals surface area contributed by atoms with Crippen molar-refractivity contribution in [2.75, 3.05) is 6.54 Å². The zero-order valence-electron chi connectivity index (χ0n) is 12.1. The first-order valence-corrected chi connectivity index (χ1v) is 7.09. The smallest absolute Gasteiger partial charge is 0.251 e. The van der Waals surface area contributed by atoms with E-state index in [2.05, 4.69) is 27.8 Å². The number of carbonyl (C=O) groups excluding carboxylic acids is 1. The molecular formula is C14H20N6O. The summed E-state index contributed by atoms with van der Waals surface area (Å²) in [6.45, 7) is 2.57. The first kappa shape index (κ1) is 15.1. The lowest BCUT2D eigenvalue weighted by Gasteiger charge is -2.16. The van der Waals surface area contributed by atoms with E-state index in [1.165, 1.54) is 11.0 Å². The minimum absolute atomic E-state index is 0.0247. The molecule has 1 aromatic carbocycles. The van der Waals surface area contributed by atoms with Crippen molar-refractivity contribution in [3.8, 4) is 5.69 Å². The van der Waals surface area contributed by atoms with E-state index in [-0.39, 0.29) is 11.9 Å². The van der Waals surface area contributed by atoms with Crippen LogP contribution in [0, 0.1) is 0 Å². The quantitative estimate of drug-likeness (QED) is 0.789. The van der Waals surface area contributed by atoms with Crippen LogP contribution >= 0.6 is 0 Å². The number of nitrogens with zero attached hydrogens (tertiary/aromatic N) is 4. The van der Waals surface area contributed by atoms with Crippen LogP contribution in [0.5, 0.6) is 0 Å². The van der Waals surface area contributed by atoms with E-state index in [1.807, 2.05) is 0 Å². The Kier molecular flexibility index (Phi) is 5.39. The third-order valence-electron chi connectivity index (χ3n) is 3.27. The lowest BCUT2D eigenvalue weighted by molar-refractivity contribution is 0.0936. The van der Waals surface area contributed by atoms with Crippen LogP contribution in [0.1, 0.15) is 36.5 Å². The van der Waals surface area contributed by atoms with E-state index in [0.717, 1.165) is 24.9 Å². The van der Waals surface area contributed by atoms with E-state index in [4.69, 9.17) is 5.73 Å². The van der Waals surface area contributed by atoms with Crippen molar-refractivity contribution < 1.29 is 4.79 Å². The maximum atomic E-state index is 12.2. The van der Waals surface area contributed by atoms with Crippen molar-refractivity contribution in [2.45, 2.75) is 32.2 Å². The maximum absolute atomic E-state index is 12.2. The molecule has 7 nitrogen and oxygen atoms in total. The van der Waals surface area contributed by atoms with Crippen LogP contribution in [0.3, 0.4) is 0 Å². The normalized spacial score (nSPS) is 12.1. The Morgan fingerprint density at radius 1 is 1.38 bits per heavy atom.